The Morgan fingerprint density at radius 3 is 2.33 bits per heavy atom. The Morgan fingerprint density at radius 1 is 1.14 bits per heavy atom. The number of piperazine rings is 1. The van der Waals surface area contributed by atoms with Gasteiger partial charge in [0.1, 0.15) is 0 Å². The van der Waals surface area contributed by atoms with Gasteiger partial charge in [-0.25, -0.2) is 8.42 Å². The third kappa shape index (κ3) is 4.65. The summed E-state index contributed by atoms with van der Waals surface area (Å²) in [6.07, 6.45) is 7.01. The third-order valence-corrected chi connectivity index (χ3v) is 6.37. The van der Waals surface area contributed by atoms with E-state index in [1.165, 1.54) is 31.9 Å². The quantitative estimate of drug-likeness (QED) is 0.829. The highest BCUT2D eigenvalue weighted by molar-refractivity contribution is 7.88. The van der Waals surface area contributed by atoms with Gasteiger partial charge in [-0.3, -0.25) is 4.90 Å². The van der Waals surface area contributed by atoms with Crippen molar-refractivity contribution in [2.45, 2.75) is 64.1 Å². The maximum Gasteiger partial charge on any atom is 0.211 e. The van der Waals surface area contributed by atoms with Crippen molar-refractivity contribution >= 4 is 10.0 Å². The van der Waals surface area contributed by atoms with Crippen molar-refractivity contribution in [3.63, 3.8) is 0 Å². The van der Waals surface area contributed by atoms with Crippen LogP contribution in [0.3, 0.4) is 0 Å². The van der Waals surface area contributed by atoms with Crippen molar-refractivity contribution in [3.8, 4) is 0 Å². The number of hydrogen-bond acceptors (Lipinski definition) is 4. The van der Waals surface area contributed by atoms with Crippen LogP contribution in [-0.2, 0) is 10.0 Å². The molecule has 5 nitrogen and oxygen atoms in total. The molecule has 21 heavy (non-hydrogen) atoms. The SMILES string of the molecule is C[C@@H]1CN(S(C)(=O)=O)[C@@H](C)CN1C[C@@H](O)CC1CCCC1. The maximum absolute atomic E-state index is 11.8. The van der Waals surface area contributed by atoms with E-state index in [1.54, 1.807) is 4.31 Å². The zero-order valence-electron chi connectivity index (χ0n) is 13.5. The largest absolute Gasteiger partial charge is 0.392 e. The monoisotopic (exact) mass is 318 g/mol. The van der Waals surface area contributed by atoms with Gasteiger partial charge in [-0.1, -0.05) is 25.7 Å². The van der Waals surface area contributed by atoms with Crippen molar-refractivity contribution in [1.82, 2.24) is 9.21 Å². The van der Waals surface area contributed by atoms with Crippen LogP contribution in [0.2, 0.25) is 0 Å². The van der Waals surface area contributed by atoms with Crippen LogP contribution in [0.15, 0.2) is 0 Å². The first-order valence-electron chi connectivity index (χ1n) is 8.16. The van der Waals surface area contributed by atoms with Crippen LogP contribution in [0.4, 0.5) is 0 Å². The molecule has 0 aromatic carbocycles. The van der Waals surface area contributed by atoms with Crippen LogP contribution in [0.25, 0.3) is 0 Å². The molecule has 2 aliphatic rings. The standard InChI is InChI=1S/C15H30N2O3S/c1-12-10-17(21(3,19)20)13(2)9-16(12)11-15(18)8-14-6-4-5-7-14/h12-15,18H,4-11H2,1-3H3/t12-,13+,15+/m1/s1. The minimum atomic E-state index is -3.13. The van der Waals surface area contributed by atoms with Crippen molar-refractivity contribution in [2.75, 3.05) is 25.9 Å². The summed E-state index contributed by atoms with van der Waals surface area (Å²) >= 11 is 0. The van der Waals surface area contributed by atoms with Gasteiger partial charge >= 0.3 is 0 Å². The molecule has 0 amide bonds. The molecule has 1 N–H and O–H groups in total. The summed E-state index contributed by atoms with van der Waals surface area (Å²) in [6.45, 7) is 5.89. The van der Waals surface area contributed by atoms with Crippen molar-refractivity contribution in [1.29, 1.82) is 0 Å². The maximum atomic E-state index is 11.8. The molecule has 0 aromatic heterocycles. The molecule has 0 radical (unpaired) electrons. The normalized spacial score (nSPS) is 31.6. The summed E-state index contributed by atoms with van der Waals surface area (Å²) in [7, 11) is -3.13. The second-order valence-electron chi connectivity index (χ2n) is 7.02. The molecule has 6 heteroatoms. The summed E-state index contributed by atoms with van der Waals surface area (Å²) in [5.74, 6) is 0.685. The van der Waals surface area contributed by atoms with E-state index >= 15 is 0 Å². The van der Waals surface area contributed by atoms with Gasteiger partial charge in [0, 0.05) is 31.7 Å². The Hall–Kier alpha value is -0.170. The minimum Gasteiger partial charge on any atom is -0.392 e. The van der Waals surface area contributed by atoms with E-state index in [2.05, 4.69) is 4.90 Å². The Morgan fingerprint density at radius 2 is 1.76 bits per heavy atom. The van der Waals surface area contributed by atoms with Crippen molar-refractivity contribution in [3.05, 3.63) is 0 Å². The summed E-state index contributed by atoms with van der Waals surface area (Å²) < 4.78 is 25.1. The van der Waals surface area contributed by atoms with E-state index in [4.69, 9.17) is 0 Å². The van der Waals surface area contributed by atoms with E-state index in [-0.39, 0.29) is 18.2 Å². The lowest BCUT2D eigenvalue weighted by Gasteiger charge is -2.43. The molecule has 2 fully saturated rings. The van der Waals surface area contributed by atoms with Gasteiger partial charge in [-0.05, 0) is 26.2 Å². The molecule has 2 rings (SSSR count). The molecule has 1 saturated carbocycles. The van der Waals surface area contributed by atoms with Gasteiger partial charge in [-0.15, -0.1) is 0 Å². The van der Waals surface area contributed by atoms with Crippen molar-refractivity contribution < 1.29 is 13.5 Å². The van der Waals surface area contributed by atoms with Gasteiger partial charge in [-0.2, -0.15) is 4.31 Å². The van der Waals surface area contributed by atoms with Crippen LogP contribution in [0.5, 0.6) is 0 Å². The van der Waals surface area contributed by atoms with E-state index in [1.807, 2.05) is 13.8 Å². The first kappa shape index (κ1) is 17.2. The predicted octanol–water partition coefficient (Wildman–Crippen LogP) is 1.28. The molecule has 124 valence electrons. The number of hydrogen-bond donors (Lipinski definition) is 1. The fourth-order valence-electron chi connectivity index (χ4n) is 3.86. The van der Waals surface area contributed by atoms with E-state index in [0.29, 0.717) is 25.6 Å². The van der Waals surface area contributed by atoms with Crippen LogP contribution < -0.4 is 0 Å². The Balaban J connectivity index is 1.86. The number of sulfonamides is 1. The summed E-state index contributed by atoms with van der Waals surface area (Å²) in [6, 6.07) is 0.143. The predicted molar refractivity (Wildman–Crippen MR) is 84.6 cm³/mol. The molecule has 0 bridgehead atoms. The van der Waals surface area contributed by atoms with E-state index in [9.17, 15) is 13.5 Å². The van der Waals surface area contributed by atoms with Gasteiger partial charge in [0.15, 0.2) is 0 Å². The van der Waals surface area contributed by atoms with Gasteiger partial charge < -0.3 is 5.11 Å². The highest BCUT2D eigenvalue weighted by Crippen LogP contribution is 2.29. The smallest absolute Gasteiger partial charge is 0.211 e. The molecule has 1 aliphatic heterocycles. The molecular weight excluding hydrogens is 288 g/mol. The number of aliphatic hydroxyl groups excluding tert-OH is 1. The average molecular weight is 318 g/mol. The molecule has 1 aliphatic carbocycles. The topological polar surface area (TPSA) is 60.9 Å². The number of rotatable bonds is 5. The van der Waals surface area contributed by atoms with E-state index in [0.717, 1.165) is 6.42 Å². The number of nitrogens with zero attached hydrogens (tertiary/aromatic N) is 2. The second-order valence-corrected chi connectivity index (χ2v) is 8.96. The molecule has 0 aromatic rings. The lowest BCUT2D eigenvalue weighted by atomic mass is 9.99. The van der Waals surface area contributed by atoms with Gasteiger partial charge in [0.05, 0.1) is 12.4 Å². The molecule has 1 saturated heterocycles. The second kappa shape index (κ2) is 6.94. The number of β-amino-alcohol motifs (C(OH)–C–C–N with tert-alkyl or cyclic N) is 1. The zero-order chi connectivity index (χ0) is 15.6. The summed E-state index contributed by atoms with van der Waals surface area (Å²) in [5, 5.41) is 10.3. The number of aliphatic hydroxyl groups is 1. The summed E-state index contributed by atoms with van der Waals surface area (Å²) in [5.41, 5.74) is 0. The third-order valence-electron chi connectivity index (χ3n) is 5.01. The van der Waals surface area contributed by atoms with Gasteiger partial charge in [0.2, 0.25) is 10.0 Å². The minimum absolute atomic E-state index is 0.0186. The molecule has 0 unspecified atom stereocenters. The van der Waals surface area contributed by atoms with Crippen LogP contribution in [0, 0.1) is 5.92 Å². The van der Waals surface area contributed by atoms with Crippen molar-refractivity contribution in [2.24, 2.45) is 5.92 Å². The Bertz CT molecular complexity index is 434. The first-order chi connectivity index (χ1) is 9.77. The van der Waals surface area contributed by atoms with Crippen LogP contribution in [0.1, 0.15) is 46.0 Å². The summed E-state index contributed by atoms with van der Waals surface area (Å²) in [4.78, 5) is 2.24. The first-order valence-corrected chi connectivity index (χ1v) is 10.0. The van der Waals surface area contributed by atoms with Crippen LogP contribution in [-0.4, -0.2) is 66.8 Å². The lowest BCUT2D eigenvalue weighted by molar-refractivity contribution is 0.0339. The molecule has 1 heterocycles. The van der Waals surface area contributed by atoms with Crippen LogP contribution >= 0.6 is 0 Å². The zero-order valence-corrected chi connectivity index (χ0v) is 14.3. The lowest BCUT2D eigenvalue weighted by Crippen LogP contribution is -2.58. The average Bonchev–Trinajstić information content (AvgIpc) is 2.84. The van der Waals surface area contributed by atoms with Gasteiger partial charge in [0.25, 0.3) is 0 Å². The molecule has 0 spiro atoms. The molecule has 3 atom stereocenters. The fourth-order valence-corrected chi connectivity index (χ4v) is 5.07. The Labute approximate surface area is 129 Å². The fraction of sp³-hybridized carbons (Fsp3) is 1.00. The van der Waals surface area contributed by atoms with E-state index < -0.39 is 10.0 Å². The highest BCUT2D eigenvalue weighted by Gasteiger charge is 2.34. The molecular formula is C15H30N2O3S. The highest BCUT2D eigenvalue weighted by atomic mass is 32.2. The Kier molecular flexibility index (Phi) is 5.68.